The summed E-state index contributed by atoms with van der Waals surface area (Å²) in [5, 5.41) is 10.8. The van der Waals surface area contributed by atoms with Crippen molar-refractivity contribution in [3.63, 3.8) is 0 Å². The average Bonchev–Trinajstić information content (AvgIpc) is 1.96. The zero-order chi connectivity index (χ0) is 11.5. The quantitative estimate of drug-likeness (QED) is 0.538. The van der Waals surface area contributed by atoms with Gasteiger partial charge in [-0.1, -0.05) is 34.6 Å². The van der Waals surface area contributed by atoms with E-state index in [-0.39, 0.29) is 14.9 Å². The lowest BCUT2D eigenvalue weighted by Crippen LogP contribution is -2.35. The Morgan fingerprint density at radius 2 is 1.64 bits per heavy atom. The van der Waals surface area contributed by atoms with Gasteiger partial charge in [0.25, 0.3) is 0 Å². The minimum Gasteiger partial charge on any atom is -0.264 e. The molecule has 0 N–H and O–H groups in total. The van der Waals surface area contributed by atoms with Crippen molar-refractivity contribution >= 4 is 11.8 Å². The topological polar surface area (TPSA) is 43.1 Å². The third-order valence-corrected chi connectivity index (χ3v) is 3.87. The van der Waals surface area contributed by atoms with Crippen molar-refractivity contribution in [2.75, 3.05) is 0 Å². The van der Waals surface area contributed by atoms with E-state index in [0.717, 1.165) is 0 Å². The Labute approximate surface area is 90.8 Å². The Balaban J connectivity index is 4.53. The van der Waals surface area contributed by atoms with Gasteiger partial charge in [0.05, 0.1) is 5.25 Å². The predicted molar refractivity (Wildman–Crippen MR) is 62.4 cm³/mol. The maximum Gasteiger partial charge on any atom is 0.222 e. The molecule has 0 fully saturated rings. The van der Waals surface area contributed by atoms with Gasteiger partial charge in [-0.3, -0.25) is 10.1 Å². The molecule has 0 aliphatic heterocycles. The molecule has 4 heteroatoms. The Hall–Kier alpha value is -0.250. The highest BCUT2D eigenvalue weighted by molar-refractivity contribution is 8.01. The summed E-state index contributed by atoms with van der Waals surface area (Å²) in [4.78, 5) is 10.5. The van der Waals surface area contributed by atoms with E-state index in [1.165, 1.54) is 0 Å². The third-order valence-electron chi connectivity index (χ3n) is 1.95. The Morgan fingerprint density at radius 3 is 1.86 bits per heavy atom. The highest BCUT2D eigenvalue weighted by Gasteiger charge is 2.33. The van der Waals surface area contributed by atoms with E-state index in [1.807, 2.05) is 13.8 Å². The van der Waals surface area contributed by atoms with Crippen molar-refractivity contribution in [3.05, 3.63) is 10.1 Å². The second kappa shape index (κ2) is 5.01. The first-order valence-corrected chi connectivity index (χ1v) is 5.84. The number of hydrogen-bond acceptors (Lipinski definition) is 3. The molecule has 0 rings (SSSR count). The van der Waals surface area contributed by atoms with Crippen molar-refractivity contribution in [1.29, 1.82) is 0 Å². The zero-order valence-electron chi connectivity index (χ0n) is 9.90. The molecule has 0 aromatic heterocycles. The van der Waals surface area contributed by atoms with Crippen LogP contribution in [0.15, 0.2) is 0 Å². The van der Waals surface area contributed by atoms with Gasteiger partial charge < -0.3 is 0 Å². The lowest BCUT2D eigenvalue weighted by Gasteiger charge is -2.28. The fraction of sp³-hybridized carbons (Fsp3) is 1.00. The Bertz CT molecular complexity index is 199. The first-order valence-electron chi connectivity index (χ1n) is 4.96. The summed E-state index contributed by atoms with van der Waals surface area (Å²) in [6.07, 6.45) is 0. The number of hydrogen-bond donors (Lipinski definition) is 0. The van der Waals surface area contributed by atoms with Gasteiger partial charge in [-0.25, -0.2) is 0 Å². The summed E-state index contributed by atoms with van der Waals surface area (Å²) >= 11 is 1.70. The fourth-order valence-electron chi connectivity index (χ4n) is 1.32. The SMILES string of the molecule is CC(C)[C@@H](SC(C)(C)C)[C@H](C)[N+](=O)[O-]. The van der Waals surface area contributed by atoms with Gasteiger partial charge in [0.1, 0.15) is 0 Å². The number of rotatable bonds is 4. The number of nitro groups is 1. The summed E-state index contributed by atoms with van der Waals surface area (Å²) in [5.41, 5.74) is 0. The highest BCUT2D eigenvalue weighted by Crippen LogP contribution is 2.34. The van der Waals surface area contributed by atoms with E-state index in [4.69, 9.17) is 0 Å². The predicted octanol–water partition coefficient (Wildman–Crippen LogP) is 3.21. The smallest absolute Gasteiger partial charge is 0.222 e. The van der Waals surface area contributed by atoms with Crippen molar-refractivity contribution < 1.29 is 4.92 Å². The molecule has 0 aliphatic carbocycles. The Morgan fingerprint density at radius 1 is 1.21 bits per heavy atom. The van der Waals surface area contributed by atoms with E-state index in [2.05, 4.69) is 20.8 Å². The maximum atomic E-state index is 10.7. The van der Waals surface area contributed by atoms with Crippen LogP contribution in [0.1, 0.15) is 41.5 Å². The van der Waals surface area contributed by atoms with Crippen LogP contribution in [-0.2, 0) is 0 Å². The third kappa shape index (κ3) is 4.84. The molecule has 0 unspecified atom stereocenters. The number of thioether (sulfide) groups is 1. The first kappa shape index (κ1) is 13.8. The summed E-state index contributed by atoms with van der Waals surface area (Å²) in [7, 11) is 0. The second-order valence-electron chi connectivity index (χ2n) is 4.96. The van der Waals surface area contributed by atoms with E-state index < -0.39 is 6.04 Å². The van der Waals surface area contributed by atoms with Crippen molar-refractivity contribution in [2.24, 2.45) is 5.92 Å². The summed E-state index contributed by atoms with van der Waals surface area (Å²) in [6, 6.07) is -0.473. The monoisotopic (exact) mass is 219 g/mol. The summed E-state index contributed by atoms with van der Waals surface area (Å²) < 4.78 is 0.0825. The molecule has 0 amide bonds. The van der Waals surface area contributed by atoms with Gasteiger partial charge in [-0.15, -0.1) is 11.8 Å². The lowest BCUT2D eigenvalue weighted by molar-refractivity contribution is -0.518. The largest absolute Gasteiger partial charge is 0.264 e. The van der Waals surface area contributed by atoms with Crippen molar-refractivity contribution in [3.8, 4) is 0 Å². The van der Waals surface area contributed by atoms with Crippen LogP contribution in [0.4, 0.5) is 0 Å². The molecular formula is C10H21NO2S. The van der Waals surface area contributed by atoms with Gasteiger partial charge in [-0.05, 0) is 5.92 Å². The fourth-order valence-corrected chi connectivity index (χ4v) is 2.70. The molecule has 0 heterocycles. The molecule has 3 nitrogen and oxygen atoms in total. The van der Waals surface area contributed by atoms with Crippen LogP contribution in [0.3, 0.4) is 0 Å². The van der Waals surface area contributed by atoms with Gasteiger partial charge >= 0.3 is 0 Å². The van der Waals surface area contributed by atoms with E-state index in [9.17, 15) is 10.1 Å². The summed E-state index contributed by atoms with van der Waals surface area (Å²) in [6.45, 7) is 12.1. The van der Waals surface area contributed by atoms with E-state index in [0.29, 0.717) is 5.92 Å². The van der Waals surface area contributed by atoms with Gasteiger partial charge in [0.2, 0.25) is 6.04 Å². The molecule has 84 valence electrons. The molecule has 0 radical (unpaired) electrons. The maximum absolute atomic E-state index is 10.7. The van der Waals surface area contributed by atoms with Crippen LogP contribution in [0, 0.1) is 16.0 Å². The molecule has 0 aromatic carbocycles. The van der Waals surface area contributed by atoms with Gasteiger partial charge in [0, 0.05) is 16.6 Å². The molecule has 0 saturated carbocycles. The first-order chi connectivity index (χ1) is 6.15. The second-order valence-corrected chi connectivity index (χ2v) is 6.97. The van der Waals surface area contributed by atoms with Crippen LogP contribution in [0.5, 0.6) is 0 Å². The van der Waals surface area contributed by atoms with Crippen molar-refractivity contribution in [1.82, 2.24) is 0 Å². The van der Waals surface area contributed by atoms with Crippen LogP contribution in [0.2, 0.25) is 0 Å². The Kier molecular flexibility index (Phi) is 4.92. The molecule has 0 bridgehead atoms. The van der Waals surface area contributed by atoms with E-state index in [1.54, 1.807) is 18.7 Å². The average molecular weight is 219 g/mol. The van der Waals surface area contributed by atoms with Gasteiger partial charge in [0.15, 0.2) is 0 Å². The standard InChI is InChI=1S/C10H21NO2S/c1-7(2)9(8(3)11(12)13)14-10(4,5)6/h7-9H,1-6H3/t8-,9+/m0/s1. The molecule has 0 aliphatic rings. The van der Waals surface area contributed by atoms with Crippen LogP contribution in [-0.4, -0.2) is 21.0 Å². The molecule has 0 saturated heterocycles. The molecule has 0 aromatic rings. The van der Waals surface area contributed by atoms with Crippen LogP contribution < -0.4 is 0 Å². The minimum absolute atomic E-state index is 0.0825. The molecule has 14 heavy (non-hydrogen) atoms. The normalized spacial score (nSPS) is 16.8. The molecule has 0 spiro atoms. The zero-order valence-corrected chi connectivity index (χ0v) is 10.7. The lowest BCUT2D eigenvalue weighted by atomic mass is 10.1. The van der Waals surface area contributed by atoms with Crippen LogP contribution >= 0.6 is 11.8 Å². The summed E-state index contributed by atoms with van der Waals surface area (Å²) in [5.74, 6) is 0.333. The van der Waals surface area contributed by atoms with Crippen LogP contribution in [0.25, 0.3) is 0 Å². The molecule has 2 atom stereocenters. The van der Waals surface area contributed by atoms with Crippen molar-refractivity contribution in [2.45, 2.75) is 57.6 Å². The minimum atomic E-state index is -0.473. The van der Waals surface area contributed by atoms with Gasteiger partial charge in [-0.2, -0.15) is 0 Å². The number of nitrogens with zero attached hydrogens (tertiary/aromatic N) is 1. The molecular weight excluding hydrogens is 198 g/mol. The van der Waals surface area contributed by atoms with E-state index >= 15 is 0 Å². The highest BCUT2D eigenvalue weighted by atomic mass is 32.2.